The molecular formula is C21H23N4O+. The van der Waals surface area contributed by atoms with Crippen molar-refractivity contribution < 1.29 is 4.90 Å². The van der Waals surface area contributed by atoms with Gasteiger partial charge >= 0.3 is 0 Å². The maximum absolute atomic E-state index is 11.5. The minimum atomic E-state index is -0.101. The Hall–Kier alpha value is -2.92. The molecule has 1 aliphatic heterocycles. The lowest BCUT2D eigenvalue weighted by Gasteiger charge is -2.37. The Bertz CT molecular complexity index is 847. The first-order chi connectivity index (χ1) is 12.8. The summed E-state index contributed by atoms with van der Waals surface area (Å²) >= 11 is 0. The zero-order valence-electron chi connectivity index (χ0n) is 14.6. The summed E-state index contributed by atoms with van der Waals surface area (Å²) in [7, 11) is 0. The summed E-state index contributed by atoms with van der Waals surface area (Å²) in [4.78, 5) is 22.4. The number of anilines is 1. The lowest BCUT2D eigenvalue weighted by molar-refractivity contribution is -0.926. The van der Waals surface area contributed by atoms with Crippen molar-refractivity contribution in [3.63, 3.8) is 0 Å². The molecule has 1 aromatic heterocycles. The Kier molecular flexibility index (Phi) is 4.80. The third-order valence-electron chi connectivity index (χ3n) is 5.04. The van der Waals surface area contributed by atoms with Crippen LogP contribution in [0.2, 0.25) is 0 Å². The number of aromatic amines is 1. The molecule has 0 bridgehead atoms. The zero-order valence-corrected chi connectivity index (χ0v) is 14.6. The summed E-state index contributed by atoms with van der Waals surface area (Å²) in [6.07, 6.45) is 1.57. The Balaban J connectivity index is 1.56. The number of nitrogens with one attached hydrogen (secondary N) is 2. The van der Waals surface area contributed by atoms with Crippen LogP contribution >= 0.6 is 0 Å². The number of quaternary nitrogens is 1. The molecule has 5 heteroatoms. The van der Waals surface area contributed by atoms with Crippen molar-refractivity contribution in [3.8, 4) is 0 Å². The summed E-state index contributed by atoms with van der Waals surface area (Å²) in [5.41, 5.74) is 2.58. The van der Waals surface area contributed by atoms with Crippen molar-refractivity contribution in [3.05, 3.63) is 94.4 Å². The fraction of sp³-hybridized carbons (Fsp3) is 0.238. The fourth-order valence-electron chi connectivity index (χ4n) is 3.77. The summed E-state index contributed by atoms with van der Waals surface area (Å²) in [5.74, 6) is 0.674. The van der Waals surface area contributed by atoms with Crippen LogP contribution in [-0.4, -0.2) is 36.1 Å². The van der Waals surface area contributed by atoms with Crippen molar-refractivity contribution in [2.75, 3.05) is 31.1 Å². The molecule has 0 amide bonds. The minimum absolute atomic E-state index is 0.101. The molecule has 132 valence electrons. The van der Waals surface area contributed by atoms with Crippen LogP contribution in [0.1, 0.15) is 17.2 Å². The lowest BCUT2D eigenvalue weighted by atomic mass is 9.96. The second-order valence-electron chi connectivity index (χ2n) is 6.66. The maximum Gasteiger partial charge on any atom is 0.252 e. The number of hydrogen-bond acceptors (Lipinski definition) is 3. The van der Waals surface area contributed by atoms with Gasteiger partial charge in [0.2, 0.25) is 5.95 Å². The minimum Gasteiger partial charge on any atom is -0.331 e. The summed E-state index contributed by atoms with van der Waals surface area (Å²) in [6, 6.07) is 23.2. The first-order valence-corrected chi connectivity index (χ1v) is 9.06. The molecular weight excluding hydrogens is 324 g/mol. The number of piperazine rings is 1. The fourth-order valence-corrected chi connectivity index (χ4v) is 3.77. The van der Waals surface area contributed by atoms with Crippen molar-refractivity contribution in [1.82, 2.24) is 9.97 Å². The number of rotatable bonds is 4. The maximum atomic E-state index is 11.5. The van der Waals surface area contributed by atoms with Crippen molar-refractivity contribution in [2.45, 2.75) is 6.04 Å². The molecule has 5 nitrogen and oxygen atoms in total. The van der Waals surface area contributed by atoms with E-state index in [1.54, 1.807) is 6.20 Å². The number of aromatic nitrogens is 2. The van der Waals surface area contributed by atoms with Gasteiger partial charge in [0, 0.05) is 23.4 Å². The third-order valence-corrected chi connectivity index (χ3v) is 5.04. The molecule has 0 unspecified atom stereocenters. The highest BCUT2D eigenvalue weighted by Gasteiger charge is 2.30. The Morgan fingerprint density at radius 1 is 0.885 bits per heavy atom. The van der Waals surface area contributed by atoms with Crippen molar-refractivity contribution in [1.29, 1.82) is 0 Å². The smallest absolute Gasteiger partial charge is 0.252 e. The molecule has 0 aliphatic carbocycles. The van der Waals surface area contributed by atoms with Gasteiger partial charge in [0.25, 0.3) is 5.56 Å². The van der Waals surface area contributed by atoms with Crippen LogP contribution in [0.15, 0.2) is 77.7 Å². The average molecular weight is 347 g/mol. The predicted octanol–water partition coefficient (Wildman–Crippen LogP) is 1.26. The molecule has 4 rings (SSSR count). The molecule has 0 spiro atoms. The first kappa shape index (κ1) is 16.5. The highest BCUT2D eigenvalue weighted by atomic mass is 16.1. The van der Waals surface area contributed by atoms with Crippen LogP contribution in [0.3, 0.4) is 0 Å². The molecule has 2 aromatic carbocycles. The predicted molar refractivity (Wildman–Crippen MR) is 102 cm³/mol. The SMILES string of the molecule is O=c1ccnc(N2CC[NH+](C(c3ccccc3)c3ccccc3)CC2)[nH]1. The quantitative estimate of drug-likeness (QED) is 0.747. The highest BCUT2D eigenvalue weighted by molar-refractivity contribution is 5.31. The molecule has 3 aromatic rings. The molecule has 1 saturated heterocycles. The molecule has 1 aliphatic rings. The Morgan fingerprint density at radius 3 is 2.00 bits per heavy atom. The summed E-state index contributed by atoms with van der Waals surface area (Å²) in [6.45, 7) is 3.73. The van der Waals surface area contributed by atoms with E-state index < -0.39 is 0 Å². The van der Waals surface area contributed by atoms with E-state index in [1.165, 1.54) is 22.1 Å². The first-order valence-electron chi connectivity index (χ1n) is 9.06. The standard InChI is InChI=1S/C21H22N4O/c26-19-11-12-22-21(23-19)25-15-13-24(14-16-25)20(17-7-3-1-4-8-17)18-9-5-2-6-10-18/h1-12,20H,13-16H2,(H,22,23,26)/p+1. The van der Waals surface area contributed by atoms with E-state index in [0.717, 1.165) is 26.2 Å². The monoisotopic (exact) mass is 347 g/mol. The van der Waals surface area contributed by atoms with E-state index in [-0.39, 0.29) is 5.56 Å². The summed E-state index contributed by atoms with van der Waals surface area (Å²) < 4.78 is 0. The molecule has 1 fully saturated rings. The summed E-state index contributed by atoms with van der Waals surface area (Å²) in [5, 5.41) is 0. The number of H-pyrrole nitrogens is 1. The molecule has 0 radical (unpaired) electrons. The molecule has 2 heterocycles. The van der Waals surface area contributed by atoms with E-state index in [0.29, 0.717) is 12.0 Å². The van der Waals surface area contributed by atoms with Gasteiger partial charge in [-0.15, -0.1) is 0 Å². The van der Waals surface area contributed by atoms with Crippen LogP contribution in [0.25, 0.3) is 0 Å². The largest absolute Gasteiger partial charge is 0.331 e. The van der Waals surface area contributed by atoms with Gasteiger partial charge < -0.3 is 9.80 Å². The van der Waals surface area contributed by atoms with Crippen LogP contribution in [0.5, 0.6) is 0 Å². The topological polar surface area (TPSA) is 53.4 Å². The van der Waals surface area contributed by atoms with E-state index in [2.05, 4.69) is 75.5 Å². The molecule has 2 N–H and O–H groups in total. The van der Waals surface area contributed by atoms with E-state index in [9.17, 15) is 4.79 Å². The van der Waals surface area contributed by atoms with Gasteiger partial charge in [-0.1, -0.05) is 60.7 Å². The van der Waals surface area contributed by atoms with E-state index in [1.807, 2.05) is 0 Å². The van der Waals surface area contributed by atoms with Gasteiger partial charge in [-0.25, -0.2) is 4.98 Å². The van der Waals surface area contributed by atoms with Gasteiger partial charge in [0.1, 0.15) is 6.04 Å². The Morgan fingerprint density at radius 2 is 1.46 bits per heavy atom. The highest BCUT2D eigenvalue weighted by Crippen LogP contribution is 2.19. The average Bonchev–Trinajstić information content (AvgIpc) is 2.70. The zero-order chi connectivity index (χ0) is 17.8. The van der Waals surface area contributed by atoms with Gasteiger partial charge in [0.05, 0.1) is 26.2 Å². The normalized spacial score (nSPS) is 15.3. The van der Waals surface area contributed by atoms with Crippen LogP contribution < -0.4 is 15.4 Å². The molecule has 0 atom stereocenters. The lowest BCUT2D eigenvalue weighted by Crippen LogP contribution is -3.15. The van der Waals surface area contributed by atoms with E-state index >= 15 is 0 Å². The van der Waals surface area contributed by atoms with Gasteiger partial charge in [-0.3, -0.25) is 9.78 Å². The number of nitrogens with zero attached hydrogens (tertiary/aromatic N) is 2. The number of benzene rings is 2. The molecule has 0 saturated carbocycles. The van der Waals surface area contributed by atoms with Crippen LogP contribution in [0.4, 0.5) is 5.95 Å². The van der Waals surface area contributed by atoms with Crippen LogP contribution in [0, 0.1) is 0 Å². The third kappa shape index (κ3) is 3.53. The van der Waals surface area contributed by atoms with E-state index in [4.69, 9.17) is 0 Å². The van der Waals surface area contributed by atoms with Gasteiger partial charge in [-0.05, 0) is 0 Å². The van der Waals surface area contributed by atoms with Crippen molar-refractivity contribution in [2.24, 2.45) is 0 Å². The van der Waals surface area contributed by atoms with Gasteiger partial charge in [-0.2, -0.15) is 0 Å². The van der Waals surface area contributed by atoms with Gasteiger partial charge in [0.15, 0.2) is 0 Å². The number of hydrogen-bond donors (Lipinski definition) is 2. The van der Waals surface area contributed by atoms with Crippen LogP contribution in [-0.2, 0) is 0 Å². The Labute approximate surface area is 152 Å². The van der Waals surface area contributed by atoms with Crippen molar-refractivity contribution >= 4 is 5.95 Å². The second kappa shape index (κ2) is 7.54. The molecule has 26 heavy (non-hydrogen) atoms. The second-order valence-corrected chi connectivity index (χ2v) is 6.66.